The Kier molecular flexibility index (Phi) is 8.25. The van der Waals surface area contributed by atoms with Gasteiger partial charge in [-0.25, -0.2) is 4.98 Å². The van der Waals surface area contributed by atoms with Crippen LogP contribution in [0.1, 0.15) is 55.7 Å². The standard InChI is InChI=1S/C25H32N4O3/c1-18(2)17-32-21-13-11-20(12-14-21)28-23(30)10-5-4-7-15-26-25(31)24-19(3)27-22-9-6-8-16-29(22)24/h6,8-9,11-14,16,18H,4-5,7,10,15,17H2,1-3H3,(H,26,31)(H,28,30). The first-order valence-electron chi connectivity index (χ1n) is 11.2. The highest BCUT2D eigenvalue weighted by Crippen LogP contribution is 2.17. The molecule has 2 N–H and O–H groups in total. The van der Waals surface area contributed by atoms with Crippen molar-refractivity contribution in [2.75, 3.05) is 18.5 Å². The van der Waals surface area contributed by atoms with E-state index >= 15 is 0 Å². The van der Waals surface area contributed by atoms with Gasteiger partial charge in [0.05, 0.1) is 12.3 Å². The fourth-order valence-electron chi connectivity index (χ4n) is 3.38. The molecule has 3 rings (SSSR count). The molecular formula is C25H32N4O3. The molecule has 0 saturated carbocycles. The third kappa shape index (κ3) is 6.57. The minimum atomic E-state index is -0.125. The van der Waals surface area contributed by atoms with E-state index in [1.807, 2.05) is 55.6 Å². The van der Waals surface area contributed by atoms with Crippen molar-refractivity contribution in [1.29, 1.82) is 0 Å². The van der Waals surface area contributed by atoms with Gasteiger partial charge < -0.3 is 15.4 Å². The number of amides is 2. The maximum Gasteiger partial charge on any atom is 0.270 e. The average molecular weight is 437 g/mol. The van der Waals surface area contributed by atoms with Crippen LogP contribution in [0.4, 0.5) is 5.69 Å². The summed E-state index contributed by atoms with van der Waals surface area (Å²) in [4.78, 5) is 29.1. The van der Waals surface area contributed by atoms with Crippen molar-refractivity contribution in [3.05, 3.63) is 60.0 Å². The van der Waals surface area contributed by atoms with Gasteiger partial charge in [-0.2, -0.15) is 0 Å². The summed E-state index contributed by atoms with van der Waals surface area (Å²) < 4.78 is 7.45. The van der Waals surface area contributed by atoms with Crippen LogP contribution in [0, 0.1) is 12.8 Å². The number of imidazole rings is 1. The number of rotatable bonds is 11. The summed E-state index contributed by atoms with van der Waals surface area (Å²) in [5, 5.41) is 5.87. The van der Waals surface area contributed by atoms with Crippen LogP contribution in [-0.4, -0.2) is 34.4 Å². The molecule has 0 fully saturated rings. The van der Waals surface area contributed by atoms with Gasteiger partial charge in [-0.05, 0) is 62.1 Å². The predicted octanol–water partition coefficient (Wildman–Crippen LogP) is 4.61. The van der Waals surface area contributed by atoms with E-state index in [1.54, 1.807) is 4.40 Å². The van der Waals surface area contributed by atoms with Crippen molar-refractivity contribution >= 4 is 23.1 Å². The lowest BCUT2D eigenvalue weighted by Gasteiger charge is -2.10. The Morgan fingerprint density at radius 1 is 1.06 bits per heavy atom. The first-order valence-corrected chi connectivity index (χ1v) is 11.2. The van der Waals surface area contributed by atoms with Gasteiger partial charge in [-0.15, -0.1) is 0 Å². The largest absolute Gasteiger partial charge is 0.493 e. The molecule has 0 saturated heterocycles. The minimum absolute atomic E-state index is 0.00811. The van der Waals surface area contributed by atoms with Crippen molar-refractivity contribution in [3.63, 3.8) is 0 Å². The maximum absolute atomic E-state index is 12.5. The van der Waals surface area contributed by atoms with Crippen molar-refractivity contribution < 1.29 is 14.3 Å². The van der Waals surface area contributed by atoms with Crippen LogP contribution in [0.15, 0.2) is 48.7 Å². The van der Waals surface area contributed by atoms with E-state index in [0.717, 1.165) is 36.3 Å². The van der Waals surface area contributed by atoms with Crippen LogP contribution in [0.5, 0.6) is 5.75 Å². The molecule has 7 heteroatoms. The molecule has 2 aromatic heterocycles. The van der Waals surface area contributed by atoms with Gasteiger partial charge in [0.15, 0.2) is 0 Å². The molecule has 0 bridgehead atoms. The Labute approximate surface area is 189 Å². The molecule has 0 unspecified atom stereocenters. The summed E-state index contributed by atoms with van der Waals surface area (Å²) >= 11 is 0. The Bertz CT molecular complexity index is 1040. The number of nitrogens with zero attached hydrogens (tertiary/aromatic N) is 2. The number of hydrogen-bond donors (Lipinski definition) is 2. The number of fused-ring (bicyclic) bond motifs is 1. The van der Waals surface area contributed by atoms with Crippen molar-refractivity contribution in [2.24, 2.45) is 5.92 Å². The molecule has 0 atom stereocenters. The van der Waals surface area contributed by atoms with Gasteiger partial charge in [0, 0.05) is 24.8 Å². The minimum Gasteiger partial charge on any atom is -0.493 e. The van der Waals surface area contributed by atoms with Crippen molar-refractivity contribution in [3.8, 4) is 5.75 Å². The fraction of sp³-hybridized carbons (Fsp3) is 0.400. The zero-order valence-corrected chi connectivity index (χ0v) is 19.1. The molecule has 2 amide bonds. The van der Waals surface area contributed by atoms with Gasteiger partial charge in [0.25, 0.3) is 5.91 Å². The van der Waals surface area contributed by atoms with E-state index in [1.165, 1.54) is 0 Å². The average Bonchev–Trinajstić information content (AvgIpc) is 3.11. The summed E-state index contributed by atoms with van der Waals surface area (Å²) in [5.74, 6) is 1.14. The molecule has 2 heterocycles. The lowest BCUT2D eigenvalue weighted by atomic mass is 10.2. The van der Waals surface area contributed by atoms with E-state index in [-0.39, 0.29) is 11.8 Å². The summed E-state index contributed by atoms with van der Waals surface area (Å²) in [7, 11) is 0. The zero-order chi connectivity index (χ0) is 22.9. The number of benzene rings is 1. The summed E-state index contributed by atoms with van der Waals surface area (Å²) in [6.45, 7) is 7.28. The number of hydrogen-bond acceptors (Lipinski definition) is 4. The molecule has 0 radical (unpaired) electrons. The lowest BCUT2D eigenvalue weighted by Crippen LogP contribution is -2.26. The number of aromatic nitrogens is 2. The van der Waals surface area contributed by atoms with E-state index in [2.05, 4.69) is 29.5 Å². The summed E-state index contributed by atoms with van der Waals surface area (Å²) in [6.07, 6.45) is 4.74. The normalized spacial score (nSPS) is 11.0. The molecule has 170 valence electrons. The van der Waals surface area contributed by atoms with E-state index in [4.69, 9.17) is 4.74 Å². The smallest absolute Gasteiger partial charge is 0.270 e. The third-order valence-electron chi connectivity index (χ3n) is 5.01. The highest BCUT2D eigenvalue weighted by molar-refractivity contribution is 5.94. The van der Waals surface area contributed by atoms with E-state index in [9.17, 15) is 9.59 Å². The van der Waals surface area contributed by atoms with Crippen LogP contribution in [-0.2, 0) is 4.79 Å². The third-order valence-corrected chi connectivity index (χ3v) is 5.01. The number of nitrogens with one attached hydrogen (secondary N) is 2. The first-order chi connectivity index (χ1) is 15.4. The second-order valence-corrected chi connectivity index (χ2v) is 8.32. The number of pyridine rings is 1. The fourth-order valence-corrected chi connectivity index (χ4v) is 3.38. The second-order valence-electron chi connectivity index (χ2n) is 8.32. The maximum atomic E-state index is 12.5. The second kappa shape index (κ2) is 11.3. The number of carbonyl (C=O) groups excluding carboxylic acids is 2. The van der Waals surface area contributed by atoms with E-state index < -0.39 is 0 Å². The summed E-state index contributed by atoms with van der Waals surface area (Å²) in [5.41, 5.74) is 2.81. The molecule has 7 nitrogen and oxygen atoms in total. The van der Waals surface area contributed by atoms with Gasteiger partial charge in [-0.3, -0.25) is 14.0 Å². The number of carbonyl (C=O) groups is 2. The van der Waals surface area contributed by atoms with Crippen LogP contribution in [0.3, 0.4) is 0 Å². The Balaban J connectivity index is 1.33. The quantitative estimate of drug-likeness (QED) is 0.430. The van der Waals surface area contributed by atoms with Gasteiger partial charge in [0.1, 0.15) is 17.1 Å². The SMILES string of the molecule is Cc1nc2ccccn2c1C(=O)NCCCCCC(=O)Nc1ccc(OCC(C)C)cc1. The molecular weight excluding hydrogens is 404 g/mol. The topological polar surface area (TPSA) is 84.7 Å². The molecule has 0 spiro atoms. The number of unbranched alkanes of at least 4 members (excludes halogenated alkanes) is 2. The zero-order valence-electron chi connectivity index (χ0n) is 19.1. The number of ether oxygens (including phenoxy) is 1. The van der Waals surface area contributed by atoms with Crippen LogP contribution >= 0.6 is 0 Å². The molecule has 1 aromatic carbocycles. The highest BCUT2D eigenvalue weighted by atomic mass is 16.5. The van der Waals surface area contributed by atoms with Gasteiger partial charge in [0.2, 0.25) is 5.91 Å². The molecule has 0 aliphatic heterocycles. The Morgan fingerprint density at radius 3 is 2.59 bits per heavy atom. The molecule has 0 aliphatic rings. The Hall–Kier alpha value is -3.35. The lowest BCUT2D eigenvalue weighted by molar-refractivity contribution is -0.116. The first kappa shape index (κ1) is 23.3. The summed E-state index contributed by atoms with van der Waals surface area (Å²) in [6, 6.07) is 13.1. The predicted molar refractivity (Wildman–Crippen MR) is 126 cm³/mol. The number of aryl methyl sites for hydroxylation is 1. The van der Waals surface area contributed by atoms with Crippen LogP contribution in [0.25, 0.3) is 5.65 Å². The molecule has 32 heavy (non-hydrogen) atoms. The van der Waals surface area contributed by atoms with Gasteiger partial charge >= 0.3 is 0 Å². The number of anilines is 1. The van der Waals surface area contributed by atoms with Crippen LogP contribution in [0.2, 0.25) is 0 Å². The molecule has 3 aromatic rings. The van der Waals surface area contributed by atoms with Crippen LogP contribution < -0.4 is 15.4 Å². The van der Waals surface area contributed by atoms with Gasteiger partial charge in [-0.1, -0.05) is 26.3 Å². The van der Waals surface area contributed by atoms with E-state index in [0.29, 0.717) is 36.9 Å². The molecule has 0 aliphatic carbocycles. The Morgan fingerprint density at radius 2 is 1.84 bits per heavy atom. The monoisotopic (exact) mass is 436 g/mol. The highest BCUT2D eigenvalue weighted by Gasteiger charge is 2.15. The van der Waals surface area contributed by atoms with Crippen molar-refractivity contribution in [2.45, 2.75) is 46.5 Å². The van der Waals surface area contributed by atoms with Crippen molar-refractivity contribution in [1.82, 2.24) is 14.7 Å².